The first kappa shape index (κ1) is 14.2. The molecule has 1 aliphatic rings. The summed E-state index contributed by atoms with van der Waals surface area (Å²) < 4.78 is 10.6. The maximum atomic E-state index is 10.5. The van der Waals surface area contributed by atoms with Gasteiger partial charge in [-0.25, -0.2) is 4.79 Å². The monoisotopic (exact) mass is 309 g/mol. The molecule has 0 atom stereocenters. The Labute approximate surface area is 125 Å². The van der Waals surface area contributed by atoms with Crippen LogP contribution in [-0.2, 0) is 16.1 Å². The van der Waals surface area contributed by atoms with Gasteiger partial charge in [0.2, 0.25) is 0 Å². The standard InChI is InChI=1S/C13H15N3O4S/c1-13(19-5-11(17)18)7-16(8-13)4-10-14-12(20-15-10)9-2-3-21-6-9/h2-3,6H,4-5,7-8H2,1H3,(H,17,18). The van der Waals surface area contributed by atoms with Gasteiger partial charge >= 0.3 is 5.97 Å². The third-order valence-electron chi connectivity index (χ3n) is 3.26. The lowest BCUT2D eigenvalue weighted by Crippen LogP contribution is -2.61. The first-order valence-electron chi connectivity index (χ1n) is 6.47. The third-order valence-corrected chi connectivity index (χ3v) is 3.94. The maximum absolute atomic E-state index is 10.5. The molecule has 0 aromatic carbocycles. The molecule has 0 aliphatic carbocycles. The Kier molecular flexibility index (Phi) is 3.75. The SMILES string of the molecule is CC1(OCC(=O)O)CN(Cc2noc(-c3ccsc3)n2)C1. The Balaban J connectivity index is 1.52. The highest BCUT2D eigenvalue weighted by Crippen LogP contribution is 2.26. The van der Waals surface area contributed by atoms with Gasteiger partial charge in [-0.2, -0.15) is 16.3 Å². The fourth-order valence-electron chi connectivity index (χ4n) is 2.36. The molecule has 0 bridgehead atoms. The molecule has 0 radical (unpaired) electrons. The van der Waals surface area contributed by atoms with Gasteiger partial charge in [-0.15, -0.1) is 0 Å². The number of ether oxygens (including phenoxy) is 1. The van der Waals surface area contributed by atoms with Gasteiger partial charge in [0.05, 0.1) is 17.7 Å². The molecule has 1 saturated heterocycles. The van der Waals surface area contributed by atoms with Crippen LogP contribution in [0.4, 0.5) is 0 Å². The number of rotatable bonds is 6. The highest BCUT2D eigenvalue weighted by molar-refractivity contribution is 7.08. The average Bonchev–Trinajstić information content (AvgIpc) is 3.04. The van der Waals surface area contributed by atoms with Crippen molar-refractivity contribution in [3.05, 3.63) is 22.7 Å². The molecule has 1 fully saturated rings. The van der Waals surface area contributed by atoms with Crippen LogP contribution in [0.1, 0.15) is 12.7 Å². The van der Waals surface area contributed by atoms with Crippen LogP contribution in [0.25, 0.3) is 11.5 Å². The van der Waals surface area contributed by atoms with E-state index >= 15 is 0 Å². The molecule has 0 saturated carbocycles. The summed E-state index contributed by atoms with van der Waals surface area (Å²) in [6, 6.07) is 1.93. The van der Waals surface area contributed by atoms with Crippen molar-refractivity contribution in [2.24, 2.45) is 0 Å². The Morgan fingerprint density at radius 3 is 3.10 bits per heavy atom. The second-order valence-corrected chi connectivity index (χ2v) is 6.09. The van der Waals surface area contributed by atoms with E-state index in [0.717, 1.165) is 5.56 Å². The van der Waals surface area contributed by atoms with Crippen molar-refractivity contribution in [3.63, 3.8) is 0 Å². The van der Waals surface area contributed by atoms with Crippen molar-refractivity contribution in [3.8, 4) is 11.5 Å². The van der Waals surface area contributed by atoms with Crippen LogP contribution >= 0.6 is 11.3 Å². The van der Waals surface area contributed by atoms with Gasteiger partial charge in [-0.05, 0) is 18.4 Å². The fraction of sp³-hybridized carbons (Fsp3) is 0.462. The molecule has 0 spiro atoms. The van der Waals surface area contributed by atoms with Gasteiger partial charge in [0.1, 0.15) is 6.61 Å². The van der Waals surface area contributed by atoms with E-state index in [1.807, 2.05) is 23.8 Å². The number of carboxylic acids is 1. The van der Waals surface area contributed by atoms with Gasteiger partial charge in [0, 0.05) is 18.5 Å². The molecule has 7 nitrogen and oxygen atoms in total. The van der Waals surface area contributed by atoms with Crippen LogP contribution in [0.2, 0.25) is 0 Å². The second-order valence-electron chi connectivity index (χ2n) is 5.31. The minimum atomic E-state index is -0.951. The lowest BCUT2D eigenvalue weighted by molar-refractivity contribution is -0.166. The second kappa shape index (κ2) is 5.55. The summed E-state index contributed by atoms with van der Waals surface area (Å²) in [6.45, 7) is 3.51. The van der Waals surface area contributed by atoms with E-state index in [2.05, 4.69) is 15.0 Å². The van der Waals surface area contributed by atoms with Crippen LogP contribution in [-0.4, -0.2) is 51.4 Å². The van der Waals surface area contributed by atoms with Crippen molar-refractivity contribution in [1.29, 1.82) is 0 Å². The van der Waals surface area contributed by atoms with E-state index in [4.69, 9.17) is 14.4 Å². The molecule has 0 unspecified atom stereocenters. The zero-order chi connectivity index (χ0) is 14.9. The molecule has 1 N–H and O–H groups in total. The van der Waals surface area contributed by atoms with Gasteiger partial charge in [0.25, 0.3) is 5.89 Å². The van der Waals surface area contributed by atoms with Gasteiger partial charge < -0.3 is 14.4 Å². The number of hydrogen-bond donors (Lipinski definition) is 1. The number of nitrogens with zero attached hydrogens (tertiary/aromatic N) is 3. The molecule has 3 heterocycles. The number of carboxylic acid groups (broad SMARTS) is 1. The Morgan fingerprint density at radius 1 is 1.62 bits per heavy atom. The average molecular weight is 309 g/mol. The number of aliphatic carboxylic acids is 1. The van der Waals surface area contributed by atoms with E-state index in [-0.39, 0.29) is 6.61 Å². The van der Waals surface area contributed by atoms with Crippen LogP contribution in [0.3, 0.4) is 0 Å². The smallest absolute Gasteiger partial charge is 0.329 e. The van der Waals surface area contributed by atoms with Crippen molar-refractivity contribution >= 4 is 17.3 Å². The predicted octanol–water partition coefficient (Wildman–Crippen LogP) is 1.47. The minimum Gasteiger partial charge on any atom is -0.480 e. The summed E-state index contributed by atoms with van der Waals surface area (Å²) in [5.74, 6) is 0.196. The first-order valence-corrected chi connectivity index (χ1v) is 7.42. The summed E-state index contributed by atoms with van der Waals surface area (Å²) in [4.78, 5) is 16.9. The van der Waals surface area contributed by atoms with Crippen LogP contribution in [0, 0.1) is 0 Å². The molecular formula is C13H15N3O4S. The lowest BCUT2D eigenvalue weighted by Gasteiger charge is -2.46. The number of hydrogen-bond acceptors (Lipinski definition) is 7. The fourth-order valence-corrected chi connectivity index (χ4v) is 2.99. The Bertz CT molecular complexity index is 619. The van der Waals surface area contributed by atoms with Crippen LogP contribution in [0.15, 0.2) is 21.3 Å². The first-order chi connectivity index (χ1) is 10.0. The van der Waals surface area contributed by atoms with Crippen molar-refractivity contribution in [2.45, 2.75) is 19.1 Å². The molecular weight excluding hydrogens is 294 g/mol. The summed E-state index contributed by atoms with van der Waals surface area (Å²) in [5, 5.41) is 16.5. The van der Waals surface area contributed by atoms with Crippen molar-refractivity contribution < 1.29 is 19.2 Å². The number of likely N-dealkylation sites (tertiary alicyclic amines) is 1. The number of aromatic nitrogens is 2. The van der Waals surface area contributed by atoms with E-state index < -0.39 is 11.6 Å². The van der Waals surface area contributed by atoms with E-state index in [1.165, 1.54) is 0 Å². The van der Waals surface area contributed by atoms with Gasteiger partial charge in [-0.3, -0.25) is 4.90 Å². The molecule has 3 rings (SSSR count). The highest BCUT2D eigenvalue weighted by Gasteiger charge is 2.40. The summed E-state index contributed by atoms with van der Waals surface area (Å²) in [6.07, 6.45) is 0. The largest absolute Gasteiger partial charge is 0.480 e. The van der Waals surface area contributed by atoms with Crippen LogP contribution < -0.4 is 0 Å². The summed E-state index contributed by atoms with van der Waals surface area (Å²) in [5.41, 5.74) is 0.523. The van der Waals surface area contributed by atoms with E-state index in [0.29, 0.717) is 31.3 Å². The molecule has 8 heteroatoms. The highest BCUT2D eigenvalue weighted by atomic mass is 32.1. The Morgan fingerprint density at radius 2 is 2.43 bits per heavy atom. The summed E-state index contributed by atoms with van der Waals surface area (Å²) in [7, 11) is 0. The van der Waals surface area contributed by atoms with Gasteiger partial charge in [0.15, 0.2) is 5.82 Å². The Hall–Kier alpha value is -1.77. The number of thiophene rings is 1. The number of carbonyl (C=O) groups is 1. The molecule has 21 heavy (non-hydrogen) atoms. The maximum Gasteiger partial charge on any atom is 0.329 e. The molecule has 2 aromatic rings. The van der Waals surface area contributed by atoms with E-state index in [1.54, 1.807) is 11.3 Å². The molecule has 112 valence electrons. The zero-order valence-electron chi connectivity index (χ0n) is 11.5. The van der Waals surface area contributed by atoms with E-state index in [9.17, 15) is 4.79 Å². The predicted molar refractivity (Wildman–Crippen MR) is 74.9 cm³/mol. The normalized spacial score (nSPS) is 17.6. The molecule has 2 aromatic heterocycles. The summed E-state index contributed by atoms with van der Waals surface area (Å²) >= 11 is 1.58. The van der Waals surface area contributed by atoms with Gasteiger partial charge in [-0.1, -0.05) is 5.16 Å². The third kappa shape index (κ3) is 3.29. The molecule has 0 amide bonds. The lowest BCUT2D eigenvalue weighted by atomic mass is 9.96. The van der Waals surface area contributed by atoms with Crippen molar-refractivity contribution in [2.75, 3.05) is 19.7 Å². The van der Waals surface area contributed by atoms with Crippen molar-refractivity contribution in [1.82, 2.24) is 15.0 Å². The quantitative estimate of drug-likeness (QED) is 0.864. The van der Waals surface area contributed by atoms with Crippen LogP contribution in [0.5, 0.6) is 0 Å². The zero-order valence-corrected chi connectivity index (χ0v) is 12.3. The molecule has 1 aliphatic heterocycles. The topological polar surface area (TPSA) is 88.7 Å². The minimum absolute atomic E-state index is 0.269.